The van der Waals surface area contributed by atoms with Crippen molar-refractivity contribution in [3.63, 3.8) is 0 Å². The van der Waals surface area contributed by atoms with Gasteiger partial charge in [0.15, 0.2) is 6.29 Å². The van der Waals surface area contributed by atoms with Crippen molar-refractivity contribution in [2.24, 2.45) is 0 Å². The third-order valence-corrected chi connectivity index (χ3v) is 3.01. The summed E-state index contributed by atoms with van der Waals surface area (Å²) in [6, 6.07) is 8.77. The fourth-order valence-electron chi connectivity index (χ4n) is 1.58. The molecule has 0 saturated carbocycles. The zero-order valence-electron chi connectivity index (χ0n) is 9.31. The molecule has 2 aromatic rings. The third kappa shape index (κ3) is 2.78. The van der Waals surface area contributed by atoms with E-state index in [1.54, 1.807) is 42.7 Å². The average Bonchev–Trinajstić information content (AvgIpc) is 2.38. The van der Waals surface area contributed by atoms with Crippen molar-refractivity contribution in [2.75, 3.05) is 0 Å². The van der Waals surface area contributed by atoms with Crippen LogP contribution in [-0.2, 0) is 4.79 Å². The van der Waals surface area contributed by atoms with Crippen molar-refractivity contribution in [1.82, 2.24) is 4.98 Å². The van der Waals surface area contributed by atoms with Gasteiger partial charge < -0.3 is 0 Å². The zero-order valence-corrected chi connectivity index (χ0v) is 10.8. The van der Waals surface area contributed by atoms with E-state index in [1.807, 2.05) is 6.07 Å². The van der Waals surface area contributed by atoms with Gasteiger partial charge in [0, 0.05) is 23.5 Å². The molecule has 90 valence electrons. The number of carbonyl (C=O) groups excluding carboxylic acids is 1. The van der Waals surface area contributed by atoms with Crippen LogP contribution in [0.1, 0.15) is 11.1 Å². The number of aromatic nitrogens is 1. The Labute approximate surface area is 115 Å². The van der Waals surface area contributed by atoms with Crippen LogP contribution < -0.4 is 0 Å². The minimum absolute atomic E-state index is 0.429. The van der Waals surface area contributed by atoms with E-state index in [4.69, 9.17) is 23.2 Å². The topological polar surface area (TPSA) is 30.0 Å². The molecule has 0 bridgehead atoms. The molecule has 0 saturated heterocycles. The summed E-state index contributed by atoms with van der Waals surface area (Å²) in [7, 11) is 0. The number of halogens is 2. The van der Waals surface area contributed by atoms with Crippen LogP contribution in [0.25, 0.3) is 11.6 Å². The highest BCUT2D eigenvalue weighted by atomic mass is 35.5. The van der Waals surface area contributed by atoms with Gasteiger partial charge in [0.25, 0.3) is 0 Å². The van der Waals surface area contributed by atoms with Gasteiger partial charge in [-0.3, -0.25) is 9.78 Å². The maximum absolute atomic E-state index is 11.2. The Morgan fingerprint density at radius 1 is 1.11 bits per heavy atom. The molecule has 0 spiro atoms. The van der Waals surface area contributed by atoms with Gasteiger partial charge >= 0.3 is 0 Å². The molecule has 1 aromatic carbocycles. The fraction of sp³-hybridized carbons (Fsp3) is 0. The average molecular weight is 278 g/mol. The fourth-order valence-corrected chi connectivity index (χ4v) is 2.20. The summed E-state index contributed by atoms with van der Waals surface area (Å²) in [4.78, 5) is 15.2. The van der Waals surface area contributed by atoms with Crippen LogP contribution in [0.3, 0.4) is 0 Å². The van der Waals surface area contributed by atoms with Gasteiger partial charge in [-0.1, -0.05) is 35.3 Å². The molecule has 1 aromatic heterocycles. The van der Waals surface area contributed by atoms with Gasteiger partial charge in [0.05, 0.1) is 10.0 Å². The Kier molecular flexibility index (Phi) is 4.13. The van der Waals surface area contributed by atoms with Gasteiger partial charge in [0.2, 0.25) is 0 Å². The van der Waals surface area contributed by atoms with E-state index in [9.17, 15) is 4.79 Å². The molecular weight excluding hydrogens is 269 g/mol. The number of benzene rings is 1. The van der Waals surface area contributed by atoms with Crippen molar-refractivity contribution in [1.29, 1.82) is 0 Å². The predicted octanol–water partition coefficient (Wildman–Crippen LogP) is 4.13. The molecule has 1 heterocycles. The van der Waals surface area contributed by atoms with Crippen molar-refractivity contribution < 1.29 is 4.79 Å². The first-order valence-electron chi connectivity index (χ1n) is 5.23. The molecular formula is C14H9Cl2NO. The first-order chi connectivity index (χ1) is 8.72. The Balaban J connectivity index is 2.53. The summed E-state index contributed by atoms with van der Waals surface area (Å²) in [6.45, 7) is 0. The van der Waals surface area contributed by atoms with Crippen LogP contribution >= 0.6 is 23.2 Å². The highest BCUT2D eigenvalue weighted by molar-refractivity contribution is 6.39. The minimum Gasteiger partial charge on any atom is -0.298 e. The lowest BCUT2D eigenvalue weighted by Gasteiger charge is -2.06. The summed E-state index contributed by atoms with van der Waals surface area (Å²) in [5.41, 5.74) is 1.79. The van der Waals surface area contributed by atoms with Crippen LogP contribution in [0.4, 0.5) is 0 Å². The number of hydrogen-bond acceptors (Lipinski definition) is 2. The maximum atomic E-state index is 11.2. The van der Waals surface area contributed by atoms with E-state index >= 15 is 0 Å². The molecule has 0 unspecified atom stereocenters. The van der Waals surface area contributed by atoms with Crippen LogP contribution in [-0.4, -0.2) is 11.3 Å². The number of hydrogen-bond donors (Lipinski definition) is 0. The maximum Gasteiger partial charge on any atom is 0.150 e. The Morgan fingerprint density at radius 2 is 1.83 bits per heavy atom. The summed E-state index contributed by atoms with van der Waals surface area (Å²) in [6.07, 6.45) is 5.77. The standard InChI is InChI=1S/C14H9Cl2NO/c15-12-4-1-5-13(16)14(12)11(9-18)7-10-3-2-6-17-8-10/h1-9H. The number of allylic oxidation sites excluding steroid dienone is 1. The Morgan fingerprint density at radius 3 is 2.39 bits per heavy atom. The van der Waals surface area contributed by atoms with Gasteiger partial charge in [-0.25, -0.2) is 0 Å². The highest BCUT2D eigenvalue weighted by Crippen LogP contribution is 2.31. The Hall–Kier alpha value is -1.64. The van der Waals surface area contributed by atoms with Crippen LogP contribution in [0.15, 0.2) is 42.7 Å². The van der Waals surface area contributed by atoms with E-state index in [-0.39, 0.29) is 0 Å². The second kappa shape index (κ2) is 5.80. The summed E-state index contributed by atoms with van der Waals surface area (Å²) in [5, 5.41) is 0.898. The molecule has 0 radical (unpaired) electrons. The monoisotopic (exact) mass is 277 g/mol. The summed E-state index contributed by atoms with van der Waals surface area (Å²) in [5.74, 6) is 0. The lowest BCUT2D eigenvalue weighted by atomic mass is 10.0. The first-order valence-corrected chi connectivity index (χ1v) is 5.99. The van der Waals surface area contributed by atoms with Gasteiger partial charge in [-0.05, 0) is 29.8 Å². The lowest BCUT2D eigenvalue weighted by Crippen LogP contribution is -1.89. The zero-order chi connectivity index (χ0) is 13.0. The molecule has 2 rings (SSSR count). The van der Waals surface area contributed by atoms with E-state index in [1.165, 1.54) is 0 Å². The molecule has 0 fully saturated rings. The van der Waals surface area contributed by atoms with Gasteiger partial charge in [-0.2, -0.15) is 0 Å². The van der Waals surface area contributed by atoms with Crippen molar-refractivity contribution >= 4 is 41.1 Å². The van der Waals surface area contributed by atoms with Gasteiger partial charge in [-0.15, -0.1) is 0 Å². The number of rotatable bonds is 3. The van der Waals surface area contributed by atoms with E-state index in [0.717, 1.165) is 11.8 Å². The van der Waals surface area contributed by atoms with Crippen molar-refractivity contribution in [2.45, 2.75) is 0 Å². The molecule has 0 aliphatic rings. The normalized spacial score (nSPS) is 11.3. The van der Waals surface area contributed by atoms with Crippen LogP contribution in [0.2, 0.25) is 10.0 Å². The van der Waals surface area contributed by atoms with E-state index < -0.39 is 0 Å². The lowest BCUT2D eigenvalue weighted by molar-refractivity contribution is -0.103. The third-order valence-electron chi connectivity index (χ3n) is 2.38. The summed E-state index contributed by atoms with van der Waals surface area (Å²) >= 11 is 12.1. The molecule has 2 nitrogen and oxygen atoms in total. The molecule has 0 atom stereocenters. The van der Waals surface area contributed by atoms with Crippen LogP contribution in [0.5, 0.6) is 0 Å². The van der Waals surface area contributed by atoms with Crippen molar-refractivity contribution in [3.8, 4) is 0 Å². The second-order valence-electron chi connectivity index (χ2n) is 3.60. The SMILES string of the molecule is O=CC(=Cc1cccnc1)c1c(Cl)cccc1Cl. The highest BCUT2D eigenvalue weighted by Gasteiger charge is 2.10. The molecule has 0 amide bonds. The largest absolute Gasteiger partial charge is 0.298 e. The van der Waals surface area contributed by atoms with E-state index in [0.29, 0.717) is 21.2 Å². The number of pyridine rings is 1. The predicted molar refractivity (Wildman–Crippen MR) is 74.6 cm³/mol. The van der Waals surface area contributed by atoms with Gasteiger partial charge in [0.1, 0.15) is 0 Å². The van der Waals surface area contributed by atoms with Crippen molar-refractivity contribution in [3.05, 3.63) is 63.9 Å². The minimum atomic E-state index is 0.429. The molecule has 18 heavy (non-hydrogen) atoms. The molecule has 4 heteroatoms. The first kappa shape index (κ1) is 12.8. The van der Waals surface area contributed by atoms with Crippen LogP contribution in [0, 0.1) is 0 Å². The second-order valence-corrected chi connectivity index (χ2v) is 4.41. The number of carbonyl (C=O) groups is 1. The number of aldehydes is 1. The smallest absolute Gasteiger partial charge is 0.150 e. The summed E-state index contributed by atoms with van der Waals surface area (Å²) < 4.78 is 0. The quantitative estimate of drug-likeness (QED) is 0.624. The van der Waals surface area contributed by atoms with E-state index in [2.05, 4.69) is 4.98 Å². The Bertz CT molecular complexity index is 574. The molecule has 0 aliphatic heterocycles. The number of nitrogens with zero attached hydrogens (tertiary/aromatic N) is 1. The molecule has 0 aliphatic carbocycles. The molecule has 0 N–H and O–H groups in total.